The summed E-state index contributed by atoms with van der Waals surface area (Å²) in [7, 11) is 0. The Bertz CT molecular complexity index is 774. The van der Waals surface area contributed by atoms with E-state index < -0.39 is 0 Å². The third-order valence-electron chi connectivity index (χ3n) is 6.83. The molecule has 0 amide bonds. The summed E-state index contributed by atoms with van der Waals surface area (Å²) >= 11 is 0. The fourth-order valence-corrected chi connectivity index (χ4v) is 4.87. The van der Waals surface area contributed by atoms with Crippen LogP contribution in [0.4, 0.5) is 0 Å². The second-order valence-electron chi connectivity index (χ2n) is 8.32. The average molecular weight is 374 g/mol. The van der Waals surface area contributed by atoms with Gasteiger partial charge in [-0.1, -0.05) is 19.9 Å². The van der Waals surface area contributed by atoms with Crippen LogP contribution in [-0.2, 0) is 25.5 Å². The number of hydrogen-bond acceptors (Lipinski definition) is 5. The number of esters is 2. The molecule has 1 aromatic heterocycles. The molecular weight excluding hydrogens is 344 g/mol. The summed E-state index contributed by atoms with van der Waals surface area (Å²) in [6.07, 6.45) is 5.32. The maximum Gasteiger partial charge on any atom is 0.333 e. The summed E-state index contributed by atoms with van der Waals surface area (Å²) in [5, 5.41) is 0. The van der Waals surface area contributed by atoms with E-state index in [2.05, 4.69) is 13.8 Å². The largest absolute Gasteiger partial charge is 0.469 e. The Labute approximate surface area is 161 Å². The summed E-state index contributed by atoms with van der Waals surface area (Å²) in [4.78, 5) is 24.3. The van der Waals surface area contributed by atoms with Gasteiger partial charge in [-0.25, -0.2) is 4.79 Å². The van der Waals surface area contributed by atoms with Gasteiger partial charge in [0.1, 0.15) is 18.0 Å². The van der Waals surface area contributed by atoms with Crippen LogP contribution < -0.4 is 0 Å². The average Bonchev–Trinajstić information content (AvgIpc) is 2.98. The Balaban J connectivity index is 2.03. The molecule has 5 nitrogen and oxygen atoms in total. The van der Waals surface area contributed by atoms with Crippen LogP contribution in [0.3, 0.4) is 0 Å². The molecular formula is C22H30O5. The van der Waals surface area contributed by atoms with Crippen LogP contribution in [0.5, 0.6) is 0 Å². The number of fused-ring (bicyclic) bond motifs is 2. The molecule has 2 aliphatic carbocycles. The SMILES string of the molecule is CC=C(C)C(=O)O[C@@H]1CC[C@H](C)[C@@]2(C)[C@H](OC(C)=O)c3c(C)coc3C[C@@H]12. The number of allylic oxidation sites excluding steroid dienone is 1. The van der Waals surface area contributed by atoms with Gasteiger partial charge in [0.25, 0.3) is 0 Å². The van der Waals surface area contributed by atoms with Crippen molar-refractivity contribution < 1.29 is 23.5 Å². The summed E-state index contributed by atoms with van der Waals surface area (Å²) in [6.45, 7) is 11.4. The molecule has 0 saturated heterocycles. The highest BCUT2D eigenvalue weighted by Crippen LogP contribution is 2.60. The van der Waals surface area contributed by atoms with E-state index >= 15 is 0 Å². The maximum atomic E-state index is 12.4. The number of carbonyl (C=O) groups is 2. The zero-order chi connectivity index (χ0) is 19.9. The van der Waals surface area contributed by atoms with Gasteiger partial charge in [0.2, 0.25) is 0 Å². The first-order chi connectivity index (χ1) is 12.7. The summed E-state index contributed by atoms with van der Waals surface area (Å²) in [6, 6.07) is 0. The van der Waals surface area contributed by atoms with Crippen molar-refractivity contribution in [1.29, 1.82) is 0 Å². The molecule has 2 aliphatic rings. The van der Waals surface area contributed by atoms with Gasteiger partial charge >= 0.3 is 11.9 Å². The summed E-state index contributed by atoms with van der Waals surface area (Å²) in [5.74, 6) is 0.637. The molecule has 0 spiro atoms. The van der Waals surface area contributed by atoms with Crippen LogP contribution in [0.25, 0.3) is 0 Å². The lowest BCUT2D eigenvalue weighted by molar-refractivity contribution is -0.186. The number of hydrogen-bond donors (Lipinski definition) is 0. The number of ether oxygens (including phenoxy) is 2. The number of carbonyl (C=O) groups excluding carboxylic acids is 2. The van der Waals surface area contributed by atoms with E-state index in [1.54, 1.807) is 19.3 Å². The molecule has 1 heterocycles. The molecule has 1 aromatic rings. The van der Waals surface area contributed by atoms with Crippen LogP contribution in [-0.4, -0.2) is 18.0 Å². The Morgan fingerprint density at radius 3 is 2.59 bits per heavy atom. The Morgan fingerprint density at radius 1 is 1.26 bits per heavy atom. The molecule has 5 atom stereocenters. The molecule has 27 heavy (non-hydrogen) atoms. The quantitative estimate of drug-likeness (QED) is 0.568. The first kappa shape index (κ1) is 19.7. The van der Waals surface area contributed by atoms with Crippen molar-refractivity contribution in [3.8, 4) is 0 Å². The number of rotatable bonds is 3. The Kier molecular flexibility index (Phi) is 5.24. The minimum absolute atomic E-state index is 0.0391. The summed E-state index contributed by atoms with van der Waals surface area (Å²) < 4.78 is 17.6. The second kappa shape index (κ2) is 7.17. The van der Waals surface area contributed by atoms with Crippen molar-refractivity contribution in [2.45, 2.75) is 73.0 Å². The van der Waals surface area contributed by atoms with Gasteiger partial charge in [0.05, 0.1) is 6.26 Å². The lowest BCUT2D eigenvalue weighted by Gasteiger charge is -2.54. The van der Waals surface area contributed by atoms with Crippen LogP contribution in [0, 0.1) is 24.2 Å². The molecule has 3 rings (SSSR count). The van der Waals surface area contributed by atoms with Crippen molar-refractivity contribution in [3.63, 3.8) is 0 Å². The Morgan fingerprint density at radius 2 is 1.96 bits per heavy atom. The van der Waals surface area contributed by atoms with Gasteiger partial charge in [-0.15, -0.1) is 0 Å². The highest BCUT2D eigenvalue weighted by atomic mass is 16.6. The monoisotopic (exact) mass is 374 g/mol. The normalized spacial score (nSPS) is 33.0. The lowest BCUT2D eigenvalue weighted by Crippen LogP contribution is -2.54. The van der Waals surface area contributed by atoms with E-state index in [-0.39, 0.29) is 35.5 Å². The van der Waals surface area contributed by atoms with Crippen LogP contribution in [0.15, 0.2) is 22.3 Å². The molecule has 1 saturated carbocycles. The summed E-state index contributed by atoms with van der Waals surface area (Å²) in [5.41, 5.74) is 2.29. The second-order valence-corrected chi connectivity index (χ2v) is 8.32. The molecule has 0 aliphatic heterocycles. The van der Waals surface area contributed by atoms with Crippen molar-refractivity contribution in [2.75, 3.05) is 0 Å². The molecule has 5 heteroatoms. The van der Waals surface area contributed by atoms with Crippen molar-refractivity contribution in [2.24, 2.45) is 17.3 Å². The third-order valence-corrected chi connectivity index (χ3v) is 6.83. The minimum Gasteiger partial charge on any atom is -0.469 e. The first-order valence-corrected chi connectivity index (χ1v) is 9.78. The maximum absolute atomic E-state index is 12.4. The van der Waals surface area contributed by atoms with Gasteiger partial charge in [0, 0.05) is 35.8 Å². The van der Waals surface area contributed by atoms with Gasteiger partial charge in [-0.3, -0.25) is 4.79 Å². The predicted octanol–water partition coefficient (Wildman–Crippen LogP) is 4.68. The predicted molar refractivity (Wildman–Crippen MR) is 101 cm³/mol. The molecule has 0 radical (unpaired) electrons. The zero-order valence-corrected chi connectivity index (χ0v) is 17.1. The van der Waals surface area contributed by atoms with Gasteiger partial charge < -0.3 is 13.9 Å². The van der Waals surface area contributed by atoms with E-state index in [4.69, 9.17) is 13.9 Å². The van der Waals surface area contributed by atoms with E-state index in [1.165, 1.54) is 6.92 Å². The highest BCUT2D eigenvalue weighted by molar-refractivity contribution is 5.87. The van der Waals surface area contributed by atoms with E-state index in [0.29, 0.717) is 17.9 Å². The number of aryl methyl sites for hydroxylation is 1. The van der Waals surface area contributed by atoms with Crippen molar-refractivity contribution >= 4 is 11.9 Å². The standard InChI is InChI=1S/C22H30O5/c1-7-12(2)21(24)27-17-9-8-14(4)22(6)16(17)10-18-19(13(3)11-25-18)20(22)26-15(5)23/h7,11,14,16-17,20H,8-10H2,1-6H3/t14-,16-,17+,20+,22+/m0/s1. The van der Waals surface area contributed by atoms with E-state index in [9.17, 15) is 9.59 Å². The first-order valence-electron chi connectivity index (χ1n) is 9.78. The molecule has 0 unspecified atom stereocenters. The van der Waals surface area contributed by atoms with E-state index in [0.717, 1.165) is 29.7 Å². The minimum atomic E-state index is -0.387. The van der Waals surface area contributed by atoms with Crippen molar-refractivity contribution in [1.82, 2.24) is 0 Å². The highest BCUT2D eigenvalue weighted by Gasteiger charge is 2.58. The Hall–Kier alpha value is -2.04. The number of furan rings is 1. The smallest absolute Gasteiger partial charge is 0.333 e. The van der Waals surface area contributed by atoms with Crippen molar-refractivity contribution in [3.05, 3.63) is 34.8 Å². The molecule has 0 N–H and O–H groups in total. The lowest BCUT2D eigenvalue weighted by atomic mass is 9.53. The third kappa shape index (κ3) is 3.21. The topological polar surface area (TPSA) is 65.7 Å². The molecule has 0 aromatic carbocycles. The van der Waals surface area contributed by atoms with Crippen LogP contribution in [0.2, 0.25) is 0 Å². The van der Waals surface area contributed by atoms with Gasteiger partial charge in [-0.05, 0) is 45.1 Å². The zero-order valence-electron chi connectivity index (χ0n) is 17.1. The van der Waals surface area contributed by atoms with Gasteiger partial charge in [0.15, 0.2) is 0 Å². The molecule has 148 valence electrons. The molecule has 0 bridgehead atoms. The fraction of sp³-hybridized carbons (Fsp3) is 0.636. The van der Waals surface area contributed by atoms with Crippen LogP contribution >= 0.6 is 0 Å². The fourth-order valence-electron chi connectivity index (χ4n) is 4.87. The molecule has 1 fully saturated rings. The van der Waals surface area contributed by atoms with E-state index in [1.807, 2.05) is 13.8 Å². The van der Waals surface area contributed by atoms with Crippen LogP contribution in [0.1, 0.15) is 70.5 Å². The van der Waals surface area contributed by atoms with Gasteiger partial charge in [-0.2, -0.15) is 0 Å².